The molecule has 1 radical (unpaired) electrons. The van der Waals surface area contributed by atoms with E-state index in [0.717, 1.165) is 5.54 Å². The number of unbranched alkanes of at least 4 members (excludes halogenated alkanes) is 2. The molecule has 0 nitrogen and oxygen atoms in total. The van der Waals surface area contributed by atoms with E-state index >= 15 is 0 Å². The van der Waals surface area contributed by atoms with Crippen molar-refractivity contribution in [3.05, 3.63) is 59.7 Å². The molecule has 2 aromatic carbocycles. The van der Waals surface area contributed by atoms with Crippen molar-refractivity contribution < 1.29 is 0 Å². The molecule has 0 aromatic heterocycles. The average molecular weight is 308 g/mol. The summed E-state index contributed by atoms with van der Waals surface area (Å²) >= 11 is 0. The zero-order chi connectivity index (χ0) is 15.4. The molecule has 0 unspecified atom stereocenters. The van der Waals surface area contributed by atoms with E-state index in [4.69, 9.17) is 0 Å². The fraction of sp³-hybridized carbons (Fsp3) is 0.429. The van der Waals surface area contributed by atoms with Gasteiger partial charge in [0.2, 0.25) is 0 Å². The number of fused-ring (bicyclic) bond motifs is 3. The van der Waals surface area contributed by atoms with Gasteiger partial charge in [0.15, 0.2) is 0 Å². The van der Waals surface area contributed by atoms with Gasteiger partial charge in [0.1, 0.15) is 0 Å². The summed E-state index contributed by atoms with van der Waals surface area (Å²) in [7, 11) is -0.371. The van der Waals surface area contributed by atoms with E-state index in [1.54, 1.807) is 11.1 Å². The van der Waals surface area contributed by atoms with Gasteiger partial charge in [-0.05, 0) is 22.3 Å². The molecule has 0 saturated carbocycles. The van der Waals surface area contributed by atoms with Crippen LogP contribution < -0.4 is 0 Å². The molecule has 22 heavy (non-hydrogen) atoms. The van der Waals surface area contributed by atoms with Crippen LogP contribution in [-0.4, -0.2) is 8.80 Å². The van der Waals surface area contributed by atoms with Crippen molar-refractivity contribution in [3.63, 3.8) is 0 Å². The smallest absolute Gasteiger partial charge is 0.0621 e. The Kier molecular flexibility index (Phi) is 5.15. The minimum absolute atomic E-state index is 0.371. The van der Waals surface area contributed by atoms with E-state index < -0.39 is 0 Å². The normalized spacial score (nSPS) is 13.4. The van der Waals surface area contributed by atoms with Gasteiger partial charge in [0, 0.05) is 5.54 Å². The molecular weight excluding hydrogens is 280 g/mol. The molecule has 0 N–H and O–H groups in total. The van der Waals surface area contributed by atoms with Crippen LogP contribution in [-0.2, 0) is 0 Å². The van der Waals surface area contributed by atoms with Crippen LogP contribution >= 0.6 is 0 Å². The van der Waals surface area contributed by atoms with Crippen LogP contribution in [0.2, 0.25) is 12.1 Å². The third-order valence-electron chi connectivity index (χ3n) is 4.94. The molecule has 0 spiro atoms. The molecular formula is C21H27Si. The zero-order valence-corrected chi connectivity index (χ0v) is 14.9. The molecule has 0 aliphatic heterocycles. The van der Waals surface area contributed by atoms with Crippen LogP contribution in [0, 0.1) is 0 Å². The highest BCUT2D eigenvalue weighted by atomic mass is 28.3. The standard InChI is InChI=1S/C21H27Si/c1-3-5-15-22(16-6-4-2)21-19-13-9-7-11-17(19)18-12-8-10-14-20(18)21/h7-14,21H,3-6,15-16H2,1-2H3. The van der Waals surface area contributed by atoms with Crippen LogP contribution in [0.25, 0.3) is 11.1 Å². The summed E-state index contributed by atoms with van der Waals surface area (Å²) in [5, 5.41) is 0. The summed E-state index contributed by atoms with van der Waals surface area (Å²) in [6, 6.07) is 21.2. The highest BCUT2D eigenvalue weighted by molar-refractivity contribution is 6.61. The number of rotatable bonds is 7. The minimum atomic E-state index is -0.371. The largest absolute Gasteiger partial charge is 0.0654 e. The van der Waals surface area contributed by atoms with Crippen molar-refractivity contribution in [1.82, 2.24) is 0 Å². The molecule has 115 valence electrons. The van der Waals surface area contributed by atoms with Gasteiger partial charge < -0.3 is 0 Å². The molecule has 0 amide bonds. The van der Waals surface area contributed by atoms with Crippen molar-refractivity contribution in [2.24, 2.45) is 0 Å². The van der Waals surface area contributed by atoms with Crippen molar-refractivity contribution in [2.45, 2.75) is 57.2 Å². The maximum atomic E-state index is 2.39. The van der Waals surface area contributed by atoms with Crippen LogP contribution in [0.4, 0.5) is 0 Å². The summed E-state index contributed by atoms with van der Waals surface area (Å²) < 4.78 is 0. The van der Waals surface area contributed by atoms with Crippen molar-refractivity contribution >= 4 is 8.80 Å². The minimum Gasteiger partial charge on any atom is -0.0654 e. The zero-order valence-electron chi connectivity index (χ0n) is 13.9. The van der Waals surface area contributed by atoms with E-state index in [9.17, 15) is 0 Å². The summed E-state index contributed by atoms with van der Waals surface area (Å²) in [6.45, 7) is 4.66. The third-order valence-corrected chi connectivity index (χ3v) is 8.37. The average Bonchev–Trinajstić information content (AvgIpc) is 2.90. The van der Waals surface area contributed by atoms with Gasteiger partial charge >= 0.3 is 0 Å². The first-order valence-corrected chi connectivity index (χ1v) is 10.9. The quantitative estimate of drug-likeness (QED) is 0.517. The highest BCUT2D eigenvalue weighted by Gasteiger charge is 2.34. The number of benzene rings is 2. The summed E-state index contributed by atoms with van der Waals surface area (Å²) in [5.41, 5.74) is 6.95. The fourth-order valence-electron chi connectivity index (χ4n) is 3.82. The molecule has 0 heterocycles. The molecule has 0 fully saturated rings. The van der Waals surface area contributed by atoms with Gasteiger partial charge in [-0.1, -0.05) is 100 Å². The Morgan fingerprint density at radius 2 is 1.18 bits per heavy atom. The maximum Gasteiger partial charge on any atom is 0.0621 e. The molecule has 2 aromatic rings. The Morgan fingerprint density at radius 3 is 1.64 bits per heavy atom. The van der Waals surface area contributed by atoms with Gasteiger partial charge in [0.05, 0.1) is 8.80 Å². The lowest BCUT2D eigenvalue weighted by Crippen LogP contribution is -2.23. The topological polar surface area (TPSA) is 0 Å². The Hall–Kier alpha value is -1.34. The van der Waals surface area contributed by atoms with E-state index in [1.165, 1.54) is 48.9 Å². The van der Waals surface area contributed by atoms with Gasteiger partial charge in [-0.3, -0.25) is 0 Å². The van der Waals surface area contributed by atoms with Gasteiger partial charge in [-0.25, -0.2) is 0 Å². The summed E-state index contributed by atoms with van der Waals surface area (Å²) in [4.78, 5) is 0. The van der Waals surface area contributed by atoms with E-state index in [2.05, 4.69) is 62.4 Å². The SMILES string of the molecule is CCCC[Si](CCCC)C1c2ccccc2-c2ccccc21. The Morgan fingerprint density at radius 1 is 0.727 bits per heavy atom. The van der Waals surface area contributed by atoms with Crippen LogP contribution in [0.15, 0.2) is 48.5 Å². The van der Waals surface area contributed by atoms with Crippen molar-refractivity contribution in [3.8, 4) is 11.1 Å². The summed E-state index contributed by atoms with van der Waals surface area (Å²) in [6.07, 6.45) is 5.46. The first kappa shape index (κ1) is 15.5. The second-order valence-electron chi connectivity index (χ2n) is 6.47. The van der Waals surface area contributed by atoms with Crippen LogP contribution in [0.5, 0.6) is 0 Å². The molecule has 0 atom stereocenters. The van der Waals surface area contributed by atoms with Crippen LogP contribution in [0.3, 0.4) is 0 Å². The Bertz CT molecular complexity index is 563. The Balaban J connectivity index is 1.99. The molecule has 1 heteroatoms. The predicted molar refractivity (Wildman–Crippen MR) is 98.9 cm³/mol. The monoisotopic (exact) mass is 307 g/mol. The van der Waals surface area contributed by atoms with Crippen LogP contribution in [0.1, 0.15) is 56.2 Å². The van der Waals surface area contributed by atoms with E-state index in [1.807, 2.05) is 0 Å². The van der Waals surface area contributed by atoms with Crippen molar-refractivity contribution in [2.75, 3.05) is 0 Å². The molecule has 0 saturated heterocycles. The van der Waals surface area contributed by atoms with Gasteiger partial charge in [-0.2, -0.15) is 0 Å². The molecule has 0 bridgehead atoms. The fourth-order valence-corrected chi connectivity index (χ4v) is 7.64. The Labute approximate surface area is 137 Å². The lowest BCUT2D eigenvalue weighted by atomic mass is 10.1. The molecule has 1 aliphatic rings. The molecule has 3 rings (SSSR count). The van der Waals surface area contributed by atoms with Gasteiger partial charge in [0.25, 0.3) is 0 Å². The molecule has 1 aliphatic carbocycles. The van der Waals surface area contributed by atoms with Gasteiger partial charge in [-0.15, -0.1) is 0 Å². The van der Waals surface area contributed by atoms with E-state index in [0.29, 0.717) is 0 Å². The number of hydrogen-bond donors (Lipinski definition) is 0. The van der Waals surface area contributed by atoms with Crippen molar-refractivity contribution in [1.29, 1.82) is 0 Å². The first-order valence-electron chi connectivity index (χ1n) is 8.89. The van der Waals surface area contributed by atoms with E-state index in [-0.39, 0.29) is 8.80 Å². The first-order chi connectivity index (χ1) is 10.9. The third kappa shape index (κ3) is 2.92. The summed E-state index contributed by atoms with van der Waals surface area (Å²) in [5.74, 6) is 0. The lowest BCUT2D eigenvalue weighted by molar-refractivity contribution is 0.827. The lowest BCUT2D eigenvalue weighted by Gasteiger charge is -2.24. The predicted octanol–water partition coefficient (Wildman–Crippen LogP) is 6.43. The number of hydrogen-bond acceptors (Lipinski definition) is 0. The second-order valence-corrected chi connectivity index (χ2v) is 9.37. The maximum absolute atomic E-state index is 2.39. The highest BCUT2D eigenvalue weighted by Crippen LogP contribution is 2.47. The second kappa shape index (κ2) is 7.28.